The van der Waals surface area contributed by atoms with E-state index in [1.807, 2.05) is 0 Å². The number of hydrogen-bond donors (Lipinski definition) is 2. The molecule has 10 aliphatic rings. The van der Waals surface area contributed by atoms with Gasteiger partial charge < -0.3 is 52.8 Å². The summed E-state index contributed by atoms with van der Waals surface area (Å²) in [5.41, 5.74) is 2.17. The van der Waals surface area contributed by atoms with E-state index < -0.39 is 24.1 Å². The summed E-state index contributed by atoms with van der Waals surface area (Å²) in [5.74, 6) is -0.709. The normalized spacial score (nSPS) is 51.4. The second kappa shape index (κ2) is 15.2. The third kappa shape index (κ3) is 7.15. The van der Waals surface area contributed by atoms with Crippen molar-refractivity contribution in [1.82, 2.24) is 0 Å². The van der Waals surface area contributed by atoms with Crippen LogP contribution < -0.4 is 0 Å². The lowest BCUT2D eigenvalue weighted by Gasteiger charge is -2.47. The third-order valence-corrected chi connectivity index (χ3v) is 13.9. The number of rotatable bonds is 4. The van der Waals surface area contributed by atoms with Crippen LogP contribution in [0.5, 0.6) is 0 Å². The van der Waals surface area contributed by atoms with Gasteiger partial charge in [0.2, 0.25) is 0 Å². The fraction of sp³-hybridized carbons (Fsp3) is 0.878. The zero-order valence-corrected chi connectivity index (χ0v) is 30.7. The molecule has 0 aromatic carbocycles. The molecule has 0 saturated carbocycles. The SMILES string of the molecule is C.C=C1C[C@@H]2CC[C@@]34C[C@H]5O[C@@H]6[C@@H](O[C@H]7CC[C@H](CC(=O)C[C@@H]8[C@@H](OC)[C@@H](C[C@H](O)CO)O[C@H]8C[C@H]8O[C@@H](CC[C@@H]1O2)C[C@@H](C)C8=C)O[C@@H]7[C@H]6O3)[C@H]5O4. The molecule has 0 unspecified atom stereocenters. The number of fused-ring (bicyclic) bond motifs is 6. The van der Waals surface area contributed by atoms with Crippen LogP contribution in [-0.4, -0.2) is 133 Å². The zero-order valence-electron chi connectivity index (χ0n) is 30.7. The van der Waals surface area contributed by atoms with Crippen molar-refractivity contribution in [2.75, 3.05) is 13.7 Å². The highest BCUT2D eigenvalue weighted by atomic mass is 16.8. The number of ether oxygens (including phenoxy) is 9. The van der Waals surface area contributed by atoms with E-state index in [2.05, 4.69) is 20.1 Å². The van der Waals surface area contributed by atoms with E-state index in [1.165, 1.54) is 0 Å². The van der Waals surface area contributed by atoms with Gasteiger partial charge in [0.1, 0.15) is 36.3 Å². The minimum atomic E-state index is -0.951. The van der Waals surface area contributed by atoms with Gasteiger partial charge in [-0.3, -0.25) is 4.79 Å². The van der Waals surface area contributed by atoms with Crippen LogP contribution in [0.2, 0.25) is 0 Å². The van der Waals surface area contributed by atoms with Crippen molar-refractivity contribution < 1.29 is 57.6 Å². The predicted molar refractivity (Wildman–Crippen MR) is 191 cm³/mol. The van der Waals surface area contributed by atoms with E-state index in [-0.39, 0.29) is 130 Å². The van der Waals surface area contributed by atoms with E-state index >= 15 is 0 Å². The Morgan fingerprint density at radius 1 is 0.792 bits per heavy atom. The Morgan fingerprint density at radius 3 is 2.34 bits per heavy atom. The number of aliphatic hydroxyl groups excluding tert-OH is 2. The maximum atomic E-state index is 14.0. The van der Waals surface area contributed by atoms with Gasteiger partial charge >= 0.3 is 0 Å². The number of aliphatic hydroxyl groups is 2. The molecule has 12 heteroatoms. The molecule has 0 aromatic rings. The standard InChI is InChI=1S/C40H58O12.CH4/c1-19-11-24-5-7-28-20(2)12-26(45-28)9-10-40-17-33-36(51-40)37-38(50-33)39(52-40)35-29(49-37)8-6-25(47-35)13-22(42)14-27-31(16-30(46-24)21(19)3)48-32(34(27)44-4)15-23(43)18-41;/h19,23-39,41,43H,2-3,5-18H2,1,4H3;1H4/t19-,23+,24+,25-,26+,27+,28+,29+,30-,31+,32-,33-,34-,35+,36+,37+,38-,39-,40+;/m1./s1. The minimum Gasteiger partial charge on any atom is -0.394 e. The first-order valence-electron chi connectivity index (χ1n) is 20.1. The summed E-state index contributed by atoms with van der Waals surface area (Å²) in [4.78, 5) is 14.0. The molecule has 12 bridgehead atoms. The van der Waals surface area contributed by atoms with Crippen molar-refractivity contribution >= 4 is 5.78 Å². The maximum Gasteiger partial charge on any atom is 0.172 e. The highest BCUT2D eigenvalue weighted by molar-refractivity contribution is 5.79. The van der Waals surface area contributed by atoms with Crippen molar-refractivity contribution in [2.24, 2.45) is 11.8 Å². The Bertz CT molecular complexity index is 1370. The second-order valence-electron chi connectivity index (χ2n) is 17.4. The first-order valence-corrected chi connectivity index (χ1v) is 20.1. The molecule has 10 fully saturated rings. The summed E-state index contributed by atoms with van der Waals surface area (Å²) in [6.45, 7) is 10.7. The summed E-state index contributed by atoms with van der Waals surface area (Å²) in [6.07, 6.45) is 4.01. The van der Waals surface area contributed by atoms with E-state index in [9.17, 15) is 15.0 Å². The molecule has 0 radical (unpaired) electrons. The lowest BCUT2D eigenvalue weighted by molar-refractivity contribution is -0.292. The molecule has 10 aliphatic heterocycles. The summed E-state index contributed by atoms with van der Waals surface area (Å²) in [7, 11) is 1.63. The Balaban J connectivity index is 0.00000400. The fourth-order valence-corrected chi connectivity index (χ4v) is 11.3. The third-order valence-electron chi connectivity index (χ3n) is 13.9. The summed E-state index contributed by atoms with van der Waals surface area (Å²) >= 11 is 0. The first kappa shape index (κ1) is 38.6. The van der Waals surface area contributed by atoms with Crippen LogP contribution in [0.4, 0.5) is 0 Å². The molecule has 10 heterocycles. The van der Waals surface area contributed by atoms with E-state index in [0.717, 1.165) is 49.7 Å². The van der Waals surface area contributed by atoms with Gasteiger partial charge in [0, 0.05) is 51.6 Å². The van der Waals surface area contributed by atoms with Gasteiger partial charge in [-0.15, -0.1) is 0 Å². The van der Waals surface area contributed by atoms with Crippen LogP contribution in [-0.2, 0) is 47.4 Å². The van der Waals surface area contributed by atoms with Crippen molar-refractivity contribution in [1.29, 1.82) is 0 Å². The number of carbonyl (C=O) groups excluding carboxylic acids is 1. The quantitative estimate of drug-likeness (QED) is 0.401. The number of methoxy groups -OCH3 is 1. The summed E-state index contributed by atoms with van der Waals surface area (Å²) in [6, 6.07) is 0. The van der Waals surface area contributed by atoms with Crippen molar-refractivity contribution in [3.05, 3.63) is 24.3 Å². The monoisotopic (exact) mass is 746 g/mol. The van der Waals surface area contributed by atoms with Crippen LogP contribution in [0, 0.1) is 11.8 Å². The number of carbonyl (C=O) groups is 1. The van der Waals surface area contributed by atoms with Crippen LogP contribution in [0.3, 0.4) is 0 Å². The molecular formula is C41H62O12. The van der Waals surface area contributed by atoms with Gasteiger partial charge in [0.05, 0.1) is 73.8 Å². The average Bonchev–Trinajstić information content (AvgIpc) is 3.79. The Morgan fingerprint density at radius 2 is 1.53 bits per heavy atom. The highest BCUT2D eigenvalue weighted by Crippen LogP contribution is 2.54. The van der Waals surface area contributed by atoms with E-state index in [0.29, 0.717) is 25.7 Å². The summed E-state index contributed by atoms with van der Waals surface area (Å²) in [5, 5.41) is 20.1. The van der Waals surface area contributed by atoms with E-state index in [4.69, 9.17) is 42.6 Å². The van der Waals surface area contributed by atoms with Crippen LogP contribution >= 0.6 is 0 Å². The number of Topliss-reactive ketones (excluding diaryl/α,β-unsaturated/α-hetero) is 1. The molecule has 2 N–H and O–H groups in total. The molecule has 1 spiro atoms. The Hall–Kier alpha value is -1.29. The van der Waals surface area contributed by atoms with Crippen LogP contribution in [0.25, 0.3) is 0 Å². The molecule has 0 amide bonds. The largest absolute Gasteiger partial charge is 0.394 e. The highest BCUT2D eigenvalue weighted by Gasteiger charge is 2.68. The first-order chi connectivity index (χ1) is 25.1. The molecule has 10 rings (SSSR count). The molecule has 10 saturated heterocycles. The van der Waals surface area contributed by atoms with Crippen LogP contribution in [0.1, 0.15) is 97.8 Å². The Labute approximate surface area is 314 Å². The second-order valence-corrected chi connectivity index (χ2v) is 17.4. The minimum absolute atomic E-state index is 0. The van der Waals surface area contributed by atoms with Crippen molar-refractivity contribution in [3.63, 3.8) is 0 Å². The van der Waals surface area contributed by atoms with Crippen molar-refractivity contribution in [3.8, 4) is 0 Å². The van der Waals surface area contributed by atoms with Gasteiger partial charge in [0.25, 0.3) is 0 Å². The molecule has 0 aromatic heterocycles. The Kier molecular flexibility index (Phi) is 11.1. The lowest BCUT2D eigenvalue weighted by atomic mass is 9.81. The molecular weight excluding hydrogens is 684 g/mol. The average molecular weight is 747 g/mol. The fourth-order valence-electron chi connectivity index (χ4n) is 11.3. The number of ketones is 1. The molecule has 19 atom stereocenters. The van der Waals surface area contributed by atoms with Gasteiger partial charge in [-0.05, 0) is 62.0 Å². The molecule has 0 aliphatic carbocycles. The van der Waals surface area contributed by atoms with Gasteiger partial charge in [0.15, 0.2) is 5.79 Å². The van der Waals surface area contributed by atoms with Crippen molar-refractivity contribution in [2.45, 2.75) is 201 Å². The van der Waals surface area contributed by atoms with E-state index in [1.54, 1.807) is 7.11 Å². The smallest absolute Gasteiger partial charge is 0.172 e. The number of hydrogen-bond acceptors (Lipinski definition) is 12. The molecule has 12 nitrogen and oxygen atoms in total. The van der Waals surface area contributed by atoms with Gasteiger partial charge in [-0.1, -0.05) is 27.5 Å². The molecule has 298 valence electrons. The summed E-state index contributed by atoms with van der Waals surface area (Å²) < 4.78 is 59.8. The predicted octanol–water partition coefficient (Wildman–Crippen LogP) is 4.11. The maximum absolute atomic E-state index is 14.0. The lowest BCUT2D eigenvalue weighted by Crippen LogP contribution is -2.61. The topological polar surface area (TPSA) is 141 Å². The molecule has 53 heavy (non-hydrogen) atoms. The van der Waals surface area contributed by atoms with Gasteiger partial charge in [-0.25, -0.2) is 0 Å². The van der Waals surface area contributed by atoms with Crippen LogP contribution in [0.15, 0.2) is 24.3 Å². The zero-order chi connectivity index (χ0) is 35.9. The van der Waals surface area contributed by atoms with Gasteiger partial charge in [-0.2, -0.15) is 0 Å².